The maximum Gasteiger partial charge on any atom is 0.163 e. The highest BCUT2D eigenvalue weighted by molar-refractivity contribution is 5.54. The van der Waals surface area contributed by atoms with Crippen LogP contribution in [0.3, 0.4) is 0 Å². The van der Waals surface area contributed by atoms with E-state index in [9.17, 15) is 5.11 Å². The second-order valence-electron chi connectivity index (χ2n) is 5.39. The first-order chi connectivity index (χ1) is 11.3. The summed E-state index contributed by atoms with van der Waals surface area (Å²) in [7, 11) is 1.95. The van der Waals surface area contributed by atoms with E-state index < -0.39 is 0 Å². The van der Waals surface area contributed by atoms with Crippen LogP contribution in [0.4, 0.5) is 0 Å². The van der Waals surface area contributed by atoms with Gasteiger partial charge in [0.25, 0.3) is 0 Å². The highest BCUT2D eigenvalue weighted by atomic mass is 16.3. The van der Waals surface area contributed by atoms with Gasteiger partial charge in [0.1, 0.15) is 5.82 Å². The highest BCUT2D eigenvalue weighted by Crippen LogP contribution is 2.17. The molecule has 0 saturated carbocycles. The van der Waals surface area contributed by atoms with Gasteiger partial charge in [-0.25, -0.2) is 0 Å². The van der Waals surface area contributed by atoms with Gasteiger partial charge in [0.15, 0.2) is 5.82 Å². The van der Waals surface area contributed by atoms with Crippen molar-refractivity contribution < 1.29 is 5.11 Å². The Bertz CT molecular complexity index is 740. The largest absolute Gasteiger partial charge is 0.394 e. The van der Waals surface area contributed by atoms with Gasteiger partial charge in [-0.1, -0.05) is 60.7 Å². The van der Waals surface area contributed by atoms with Gasteiger partial charge in [-0.05, 0) is 5.56 Å². The summed E-state index contributed by atoms with van der Waals surface area (Å²) in [6.45, 7) is 0.573. The lowest BCUT2D eigenvalue weighted by Gasteiger charge is -2.16. The fourth-order valence-electron chi connectivity index (χ4n) is 2.54. The van der Waals surface area contributed by atoms with Gasteiger partial charge in [0.2, 0.25) is 0 Å². The fourth-order valence-corrected chi connectivity index (χ4v) is 2.54. The molecular formula is C18H20N4O. The predicted molar refractivity (Wildman–Crippen MR) is 89.5 cm³/mol. The molecule has 0 radical (unpaired) electrons. The number of aliphatic hydroxyl groups is 1. The molecule has 0 aliphatic heterocycles. The van der Waals surface area contributed by atoms with E-state index in [4.69, 9.17) is 0 Å². The zero-order valence-corrected chi connectivity index (χ0v) is 13.1. The van der Waals surface area contributed by atoms with E-state index in [2.05, 4.69) is 15.5 Å². The topological polar surface area (TPSA) is 63.0 Å². The summed E-state index contributed by atoms with van der Waals surface area (Å²) < 4.78 is 1.97. The highest BCUT2D eigenvalue weighted by Gasteiger charge is 2.13. The van der Waals surface area contributed by atoms with Crippen LogP contribution < -0.4 is 5.32 Å². The molecule has 1 atom stereocenters. The average Bonchev–Trinajstić information content (AvgIpc) is 2.98. The lowest BCUT2D eigenvalue weighted by Crippen LogP contribution is -2.25. The quantitative estimate of drug-likeness (QED) is 0.733. The lowest BCUT2D eigenvalue weighted by molar-refractivity contribution is 0.242. The van der Waals surface area contributed by atoms with E-state index in [1.54, 1.807) is 0 Å². The summed E-state index contributed by atoms with van der Waals surface area (Å²) in [6, 6.07) is 19.8. The number of aliphatic hydroxyl groups excluding tert-OH is 1. The number of hydrogen-bond acceptors (Lipinski definition) is 4. The Kier molecular flexibility index (Phi) is 4.80. The first-order valence-electron chi connectivity index (χ1n) is 7.62. The first-order valence-corrected chi connectivity index (χ1v) is 7.62. The van der Waals surface area contributed by atoms with Crippen molar-refractivity contribution in [2.75, 3.05) is 6.61 Å². The number of rotatable bonds is 6. The fraction of sp³-hybridized carbons (Fsp3) is 0.222. The molecule has 1 heterocycles. The molecule has 0 fully saturated rings. The molecule has 1 aromatic heterocycles. The summed E-state index contributed by atoms with van der Waals surface area (Å²) in [5.41, 5.74) is 2.09. The second kappa shape index (κ2) is 7.17. The third-order valence-electron chi connectivity index (χ3n) is 3.89. The molecule has 0 aliphatic carbocycles. The van der Waals surface area contributed by atoms with Crippen molar-refractivity contribution in [3.05, 3.63) is 72.1 Å². The minimum Gasteiger partial charge on any atom is -0.394 e. The van der Waals surface area contributed by atoms with Gasteiger partial charge >= 0.3 is 0 Å². The summed E-state index contributed by atoms with van der Waals surface area (Å²) in [4.78, 5) is 0. The zero-order valence-electron chi connectivity index (χ0n) is 13.1. The second-order valence-corrected chi connectivity index (χ2v) is 5.39. The van der Waals surface area contributed by atoms with E-state index in [0.29, 0.717) is 6.54 Å². The Labute approximate surface area is 135 Å². The van der Waals surface area contributed by atoms with Gasteiger partial charge in [-0.2, -0.15) is 0 Å². The molecule has 118 valence electrons. The van der Waals surface area contributed by atoms with Crippen molar-refractivity contribution in [1.29, 1.82) is 0 Å². The van der Waals surface area contributed by atoms with Crippen molar-refractivity contribution >= 4 is 0 Å². The zero-order chi connectivity index (χ0) is 16.1. The monoisotopic (exact) mass is 308 g/mol. The number of aromatic nitrogens is 3. The van der Waals surface area contributed by atoms with Crippen LogP contribution in [0.2, 0.25) is 0 Å². The number of benzene rings is 2. The van der Waals surface area contributed by atoms with Gasteiger partial charge in [0.05, 0.1) is 19.2 Å². The van der Waals surface area contributed by atoms with E-state index in [0.717, 1.165) is 22.8 Å². The Balaban J connectivity index is 1.73. The predicted octanol–water partition coefficient (Wildman–Crippen LogP) is 2.31. The average molecular weight is 308 g/mol. The van der Waals surface area contributed by atoms with E-state index >= 15 is 0 Å². The Morgan fingerprint density at radius 2 is 1.65 bits per heavy atom. The van der Waals surface area contributed by atoms with Gasteiger partial charge < -0.3 is 15.0 Å². The van der Waals surface area contributed by atoms with Crippen LogP contribution in [0.1, 0.15) is 17.4 Å². The van der Waals surface area contributed by atoms with Crippen LogP contribution in [0.15, 0.2) is 60.7 Å². The third-order valence-corrected chi connectivity index (χ3v) is 3.89. The molecule has 0 spiro atoms. The van der Waals surface area contributed by atoms with Crippen LogP contribution in [0.25, 0.3) is 11.4 Å². The molecule has 23 heavy (non-hydrogen) atoms. The van der Waals surface area contributed by atoms with Gasteiger partial charge in [0, 0.05) is 12.6 Å². The Hall–Kier alpha value is -2.50. The van der Waals surface area contributed by atoms with E-state index in [1.807, 2.05) is 72.3 Å². The summed E-state index contributed by atoms with van der Waals surface area (Å²) >= 11 is 0. The summed E-state index contributed by atoms with van der Waals surface area (Å²) in [5.74, 6) is 1.67. The van der Waals surface area contributed by atoms with Gasteiger partial charge in [-0.15, -0.1) is 10.2 Å². The van der Waals surface area contributed by atoms with Crippen molar-refractivity contribution in [2.45, 2.75) is 12.6 Å². The molecule has 0 bridgehead atoms. The molecule has 0 unspecified atom stereocenters. The third kappa shape index (κ3) is 3.47. The van der Waals surface area contributed by atoms with Crippen molar-refractivity contribution in [3.63, 3.8) is 0 Å². The SMILES string of the molecule is Cn1c(CN[C@@H](CO)c2ccccc2)nnc1-c1ccccc1. The van der Waals surface area contributed by atoms with Crippen LogP contribution in [0, 0.1) is 0 Å². The van der Waals surface area contributed by atoms with E-state index in [1.165, 1.54) is 0 Å². The van der Waals surface area contributed by atoms with E-state index in [-0.39, 0.29) is 12.6 Å². The van der Waals surface area contributed by atoms with Crippen LogP contribution in [-0.2, 0) is 13.6 Å². The maximum atomic E-state index is 9.60. The Morgan fingerprint density at radius 1 is 1.00 bits per heavy atom. The van der Waals surface area contributed by atoms with Crippen LogP contribution >= 0.6 is 0 Å². The standard InChI is InChI=1S/C18H20N4O/c1-22-17(20-21-18(22)15-10-6-3-7-11-15)12-19-16(13-23)14-8-4-2-5-9-14/h2-11,16,19,23H,12-13H2,1H3/t16-/m0/s1. The molecular weight excluding hydrogens is 288 g/mol. The number of nitrogens with one attached hydrogen (secondary N) is 1. The Morgan fingerprint density at radius 3 is 2.30 bits per heavy atom. The minimum absolute atomic E-state index is 0.0351. The molecule has 0 saturated heterocycles. The van der Waals surface area contributed by atoms with Crippen molar-refractivity contribution in [2.24, 2.45) is 7.05 Å². The van der Waals surface area contributed by atoms with Crippen LogP contribution in [-0.4, -0.2) is 26.5 Å². The molecule has 5 heteroatoms. The minimum atomic E-state index is -0.118. The molecule has 0 aliphatic rings. The smallest absolute Gasteiger partial charge is 0.163 e. The van der Waals surface area contributed by atoms with Crippen molar-refractivity contribution in [3.8, 4) is 11.4 Å². The number of nitrogens with zero attached hydrogens (tertiary/aromatic N) is 3. The lowest BCUT2D eigenvalue weighted by atomic mass is 10.1. The molecule has 2 N–H and O–H groups in total. The maximum absolute atomic E-state index is 9.60. The molecule has 0 amide bonds. The van der Waals surface area contributed by atoms with Gasteiger partial charge in [-0.3, -0.25) is 0 Å². The number of hydrogen-bond donors (Lipinski definition) is 2. The van der Waals surface area contributed by atoms with Crippen molar-refractivity contribution in [1.82, 2.24) is 20.1 Å². The normalized spacial score (nSPS) is 12.3. The molecule has 5 nitrogen and oxygen atoms in total. The molecule has 3 rings (SSSR count). The summed E-state index contributed by atoms with van der Waals surface area (Å²) in [6.07, 6.45) is 0. The molecule has 2 aromatic carbocycles. The first kappa shape index (κ1) is 15.4. The van der Waals surface area contributed by atoms with Crippen LogP contribution in [0.5, 0.6) is 0 Å². The molecule has 3 aromatic rings. The summed E-state index contributed by atoms with van der Waals surface area (Å²) in [5, 5.41) is 21.5.